The van der Waals surface area contributed by atoms with Crippen molar-refractivity contribution in [2.75, 3.05) is 13.7 Å². The normalized spacial score (nSPS) is 11.4. The Balaban J connectivity index is 1.67. The summed E-state index contributed by atoms with van der Waals surface area (Å²) in [6.45, 7) is 4.36. The highest BCUT2D eigenvalue weighted by atomic mass is 19.4. The van der Waals surface area contributed by atoms with E-state index in [1.807, 2.05) is 26.0 Å². The topological polar surface area (TPSA) is 73.3 Å². The first-order valence-corrected chi connectivity index (χ1v) is 11.2. The Morgan fingerprint density at radius 2 is 1.78 bits per heavy atom. The molecule has 1 amide bonds. The molecular weight excluding hydrogens is 471 g/mol. The first kappa shape index (κ1) is 25.0. The number of amides is 1. The molecule has 0 atom stereocenters. The molecule has 6 nitrogen and oxygen atoms in total. The molecule has 186 valence electrons. The highest BCUT2D eigenvalue weighted by molar-refractivity contribution is 6.08. The Kier molecular flexibility index (Phi) is 7.10. The number of hydrogen-bond acceptors (Lipinski definition) is 5. The summed E-state index contributed by atoms with van der Waals surface area (Å²) in [6.07, 6.45) is -3.95. The van der Waals surface area contributed by atoms with Gasteiger partial charge >= 0.3 is 6.18 Å². The van der Waals surface area contributed by atoms with Gasteiger partial charge in [0.1, 0.15) is 17.1 Å². The summed E-state index contributed by atoms with van der Waals surface area (Å²) in [6, 6.07) is 15.4. The molecule has 36 heavy (non-hydrogen) atoms. The van der Waals surface area contributed by atoms with E-state index in [0.29, 0.717) is 29.6 Å². The molecule has 1 heterocycles. The van der Waals surface area contributed by atoms with Gasteiger partial charge in [0.2, 0.25) is 0 Å². The monoisotopic (exact) mass is 495 g/mol. The first-order chi connectivity index (χ1) is 17.2. The van der Waals surface area contributed by atoms with Crippen molar-refractivity contribution < 1.29 is 27.4 Å². The van der Waals surface area contributed by atoms with E-state index in [2.05, 4.69) is 21.6 Å². The van der Waals surface area contributed by atoms with E-state index in [1.165, 1.54) is 19.2 Å². The van der Waals surface area contributed by atoms with Gasteiger partial charge in [-0.3, -0.25) is 4.79 Å². The van der Waals surface area contributed by atoms with Crippen LogP contribution in [0.3, 0.4) is 0 Å². The van der Waals surface area contributed by atoms with Crippen LogP contribution in [-0.4, -0.2) is 29.8 Å². The number of carbonyl (C=O) groups excluding carboxylic acids is 1. The smallest absolute Gasteiger partial charge is 0.416 e. The third kappa shape index (κ3) is 5.56. The van der Waals surface area contributed by atoms with Crippen LogP contribution in [0, 0.1) is 13.8 Å². The van der Waals surface area contributed by atoms with Gasteiger partial charge in [0, 0.05) is 11.9 Å². The highest BCUT2D eigenvalue weighted by Crippen LogP contribution is 2.34. The SMILES string of the molecule is COc1ccc2nnc(Oc3cccc(C(F)(F)F)c3)c(C(=O)NCCc3ccc(C)cc3C)c2c1. The minimum absolute atomic E-state index is 0.0527. The minimum atomic E-state index is -4.55. The number of hydrogen-bond donors (Lipinski definition) is 1. The van der Waals surface area contributed by atoms with E-state index in [1.54, 1.807) is 18.2 Å². The maximum absolute atomic E-state index is 13.3. The van der Waals surface area contributed by atoms with Crippen LogP contribution in [0.25, 0.3) is 10.9 Å². The predicted octanol–water partition coefficient (Wildman–Crippen LogP) is 6.04. The van der Waals surface area contributed by atoms with Gasteiger partial charge in [-0.2, -0.15) is 13.2 Å². The number of nitrogens with zero attached hydrogens (tertiary/aromatic N) is 2. The molecule has 0 aliphatic rings. The molecule has 0 aliphatic carbocycles. The van der Waals surface area contributed by atoms with E-state index < -0.39 is 17.6 Å². The van der Waals surface area contributed by atoms with Gasteiger partial charge in [-0.05, 0) is 67.8 Å². The maximum atomic E-state index is 13.3. The van der Waals surface area contributed by atoms with Crippen LogP contribution in [0.5, 0.6) is 17.4 Å². The Labute approximate surface area is 206 Å². The molecule has 1 aromatic heterocycles. The number of fused-ring (bicyclic) bond motifs is 1. The van der Waals surface area contributed by atoms with Gasteiger partial charge in [-0.25, -0.2) is 0 Å². The number of alkyl halides is 3. The van der Waals surface area contributed by atoms with Crippen molar-refractivity contribution in [2.24, 2.45) is 0 Å². The predicted molar refractivity (Wildman–Crippen MR) is 130 cm³/mol. The lowest BCUT2D eigenvalue weighted by Crippen LogP contribution is -2.27. The van der Waals surface area contributed by atoms with Gasteiger partial charge in [-0.15, -0.1) is 10.2 Å². The Hall–Kier alpha value is -4.14. The van der Waals surface area contributed by atoms with Gasteiger partial charge in [0.15, 0.2) is 0 Å². The number of ether oxygens (including phenoxy) is 2. The number of benzene rings is 3. The number of halogens is 3. The largest absolute Gasteiger partial charge is 0.497 e. The lowest BCUT2D eigenvalue weighted by Gasteiger charge is -2.14. The molecule has 0 unspecified atom stereocenters. The fraction of sp³-hybridized carbons (Fsp3) is 0.222. The second kappa shape index (κ2) is 10.2. The summed E-state index contributed by atoms with van der Waals surface area (Å²) in [5.74, 6) is -0.343. The molecule has 0 fully saturated rings. The average Bonchev–Trinajstić information content (AvgIpc) is 2.84. The van der Waals surface area contributed by atoms with Crippen molar-refractivity contribution in [3.8, 4) is 17.4 Å². The summed E-state index contributed by atoms with van der Waals surface area (Å²) in [7, 11) is 1.49. The lowest BCUT2D eigenvalue weighted by atomic mass is 10.0. The zero-order valence-electron chi connectivity index (χ0n) is 19.9. The van der Waals surface area contributed by atoms with Gasteiger partial charge in [-0.1, -0.05) is 29.8 Å². The summed E-state index contributed by atoms with van der Waals surface area (Å²) >= 11 is 0. The van der Waals surface area contributed by atoms with Crippen molar-refractivity contribution in [1.29, 1.82) is 0 Å². The Morgan fingerprint density at radius 1 is 0.972 bits per heavy atom. The zero-order chi connectivity index (χ0) is 25.9. The Morgan fingerprint density at radius 3 is 2.50 bits per heavy atom. The van der Waals surface area contributed by atoms with Gasteiger partial charge < -0.3 is 14.8 Å². The summed E-state index contributed by atoms with van der Waals surface area (Å²) in [4.78, 5) is 13.3. The van der Waals surface area contributed by atoms with Gasteiger partial charge in [0.05, 0.1) is 18.2 Å². The number of carbonyl (C=O) groups is 1. The summed E-state index contributed by atoms with van der Waals surface area (Å²) < 4.78 is 50.5. The third-order valence-corrected chi connectivity index (χ3v) is 5.72. The maximum Gasteiger partial charge on any atom is 0.416 e. The molecule has 4 aromatic rings. The van der Waals surface area contributed by atoms with E-state index in [-0.39, 0.29) is 17.2 Å². The van der Waals surface area contributed by atoms with Crippen LogP contribution >= 0.6 is 0 Å². The van der Waals surface area contributed by atoms with Crippen molar-refractivity contribution in [2.45, 2.75) is 26.4 Å². The number of nitrogens with one attached hydrogen (secondary N) is 1. The summed E-state index contributed by atoms with van der Waals surface area (Å²) in [5, 5.41) is 11.4. The first-order valence-electron chi connectivity index (χ1n) is 11.2. The quantitative estimate of drug-likeness (QED) is 0.339. The molecule has 0 spiro atoms. The van der Waals surface area contributed by atoms with E-state index >= 15 is 0 Å². The number of methoxy groups -OCH3 is 1. The third-order valence-electron chi connectivity index (χ3n) is 5.72. The molecule has 0 bridgehead atoms. The number of aryl methyl sites for hydroxylation is 2. The van der Waals surface area contributed by atoms with Crippen LogP contribution < -0.4 is 14.8 Å². The second-order valence-electron chi connectivity index (χ2n) is 8.33. The van der Waals surface area contributed by atoms with Crippen LogP contribution in [0.2, 0.25) is 0 Å². The minimum Gasteiger partial charge on any atom is -0.497 e. The van der Waals surface area contributed by atoms with Crippen LogP contribution in [0.15, 0.2) is 60.7 Å². The molecule has 0 radical (unpaired) electrons. The van der Waals surface area contributed by atoms with Crippen LogP contribution in [0.1, 0.15) is 32.6 Å². The van der Waals surface area contributed by atoms with Crippen molar-refractivity contribution in [3.05, 3.63) is 88.5 Å². The summed E-state index contributed by atoms with van der Waals surface area (Å²) in [5.41, 5.74) is 2.96. The number of rotatable bonds is 7. The second-order valence-corrected chi connectivity index (χ2v) is 8.33. The van der Waals surface area contributed by atoms with Gasteiger partial charge in [0.25, 0.3) is 11.8 Å². The molecule has 0 aliphatic heterocycles. The Bertz CT molecular complexity index is 1420. The molecule has 4 rings (SSSR count). The molecular formula is C27H24F3N3O3. The average molecular weight is 496 g/mol. The van der Waals surface area contributed by atoms with E-state index in [9.17, 15) is 18.0 Å². The zero-order valence-corrected chi connectivity index (χ0v) is 19.9. The molecule has 0 saturated heterocycles. The van der Waals surface area contributed by atoms with E-state index in [4.69, 9.17) is 9.47 Å². The van der Waals surface area contributed by atoms with Crippen LogP contribution in [-0.2, 0) is 12.6 Å². The fourth-order valence-electron chi connectivity index (χ4n) is 3.86. The molecule has 3 aromatic carbocycles. The van der Waals surface area contributed by atoms with Crippen LogP contribution in [0.4, 0.5) is 13.2 Å². The van der Waals surface area contributed by atoms with Crippen molar-refractivity contribution >= 4 is 16.8 Å². The molecule has 9 heteroatoms. The lowest BCUT2D eigenvalue weighted by molar-refractivity contribution is -0.137. The van der Waals surface area contributed by atoms with Crippen molar-refractivity contribution in [3.63, 3.8) is 0 Å². The highest BCUT2D eigenvalue weighted by Gasteiger charge is 2.31. The van der Waals surface area contributed by atoms with Crippen molar-refractivity contribution in [1.82, 2.24) is 15.5 Å². The number of aromatic nitrogens is 2. The molecule has 0 saturated carbocycles. The fourth-order valence-corrected chi connectivity index (χ4v) is 3.86. The molecule has 1 N–H and O–H groups in total. The van der Waals surface area contributed by atoms with E-state index in [0.717, 1.165) is 28.8 Å². The standard InChI is InChI=1S/C27H24F3N3O3/c1-16-7-8-18(17(2)13-16)11-12-31-25(34)24-22-15-20(35-3)9-10-23(22)32-33-26(24)36-21-6-4-5-19(14-21)27(28,29)30/h4-10,13-15H,11-12H2,1-3H3,(H,31,34).